The molecule has 0 aliphatic carbocycles. The molecule has 0 heterocycles. The van der Waals surface area contributed by atoms with E-state index in [1.165, 1.54) is 19.2 Å². The summed E-state index contributed by atoms with van der Waals surface area (Å²) in [6.07, 6.45) is 0. The number of anilines is 1. The molecule has 0 saturated heterocycles. The Hall–Kier alpha value is -0.890. The number of hydrogen-bond donors (Lipinski definition) is 2. The Balaban J connectivity index is 3.50. The number of halogens is 3. The summed E-state index contributed by atoms with van der Waals surface area (Å²) in [5, 5.41) is 2.39. The highest BCUT2D eigenvalue weighted by Gasteiger charge is 2.47. The lowest BCUT2D eigenvalue weighted by molar-refractivity contribution is -0.0435. The van der Waals surface area contributed by atoms with Crippen LogP contribution in [-0.4, -0.2) is 21.0 Å². The molecule has 3 nitrogen and oxygen atoms in total. The first-order valence-electron chi connectivity index (χ1n) is 4.02. The Labute approximate surface area is 96.0 Å². The van der Waals surface area contributed by atoms with Gasteiger partial charge in [0.05, 0.1) is 5.69 Å². The Morgan fingerprint density at radius 3 is 2.31 bits per heavy atom. The van der Waals surface area contributed by atoms with Crippen molar-refractivity contribution in [1.82, 2.24) is 0 Å². The molecular weight excluding hydrogens is 263 g/mol. The molecule has 1 aromatic carbocycles. The first-order valence-corrected chi connectivity index (χ1v) is 5.95. The fourth-order valence-corrected chi connectivity index (χ4v) is 2.35. The monoisotopic (exact) mass is 271 g/mol. The Morgan fingerprint density at radius 2 is 1.88 bits per heavy atom. The number of rotatable bonds is 2. The molecule has 16 heavy (non-hydrogen) atoms. The molecule has 0 spiro atoms. The normalized spacial score (nSPS) is 12.6. The van der Waals surface area contributed by atoms with E-state index in [9.17, 15) is 21.6 Å². The third-order valence-corrected chi connectivity index (χ3v) is 3.63. The van der Waals surface area contributed by atoms with Crippen LogP contribution in [0, 0.1) is 0 Å². The van der Waals surface area contributed by atoms with Crippen LogP contribution in [0.3, 0.4) is 0 Å². The van der Waals surface area contributed by atoms with E-state index in [-0.39, 0.29) is 10.6 Å². The minimum Gasteiger partial charge on any atom is -0.387 e. The smallest absolute Gasteiger partial charge is 0.387 e. The van der Waals surface area contributed by atoms with Crippen LogP contribution in [0.1, 0.15) is 0 Å². The van der Waals surface area contributed by atoms with E-state index in [4.69, 9.17) is 0 Å². The first kappa shape index (κ1) is 13.2. The lowest BCUT2D eigenvalue weighted by Crippen LogP contribution is -2.24. The summed E-state index contributed by atoms with van der Waals surface area (Å²) in [4.78, 5) is -0.683. The minimum atomic E-state index is -5.35. The lowest BCUT2D eigenvalue weighted by Gasteiger charge is -2.12. The van der Waals surface area contributed by atoms with Gasteiger partial charge in [-0.05, 0) is 18.2 Å². The summed E-state index contributed by atoms with van der Waals surface area (Å²) in [6.45, 7) is 0. The zero-order chi connectivity index (χ0) is 12.6. The fraction of sp³-hybridized carbons (Fsp3) is 0.250. The second-order valence-corrected chi connectivity index (χ2v) is 5.31. The van der Waals surface area contributed by atoms with Crippen molar-refractivity contribution in [1.29, 1.82) is 0 Å². The van der Waals surface area contributed by atoms with Crippen molar-refractivity contribution in [2.75, 3.05) is 12.4 Å². The fourth-order valence-electron chi connectivity index (χ4n) is 1.06. The molecule has 0 bridgehead atoms. The number of sulfone groups is 1. The highest BCUT2D eigenvalue weighted by Crippen LogP contribution is 2.35. The molecule has 8 heteroatoms. The summed E-state index contributed by atoms with van der Waals surface area (Å²) in [5.74, 6) is 0. The van der Waals surface area contributed by atoms with Crippen LogP contribution in [0.4, 0.5) is 18.9 Å². The van der Waals surface area contributed by atoms with Crippen molar-refractivity contribution in [3.63, 3.8) is 0 Å². The summed E-state index contributed by atoms with van der Waals surface area (Å²) in [5.41, 5.74) is -5.43. The van der Waals surface area contributed by atoms with Crippen LogP contribution < -0.4 is 5.32 Å². The van der Waals surface area contributed by atoms with Gasteiger partial charge in [0.1, 0.15) is 4.90 Å². The van der Waals surface area contributed by atoms with Crippen molar-refractivity contribution >= 4 is 28.2 Å². The number of benzene rings is 1. The third-order valence-electron chi connectivity index (χ3n) is 1.83. The maximum atomic E-state index is 12.3. The molecule has 1 N–H and O–H groups in total. The van der Waals surface area contributed by atoms with E-state index in [2.05, 4.69) is 17.9 Å². The van der Waals surface area contributed by atoms with Gasteiger partial charge >= 0.3 is 5.51 Å². The molecule has 1 rings (SSSR count). The molecule has 0 fully saturated rings. The zero-order valence-corrected chi connectivity index (χ0v) is 9.75. The van der Waals surface area contributed by atoms with E-state index < -0.39 is 20.2 Å². The predicted octanol–water partition coefficient (Wildman–Crippen LogP) is 2.31. The molecule has 0 aliphatic rings. The van der Waals surface area contributed by atoms with Gasteiger partial charge in [-0.15, -0.1) is 12.6 Å². The second kappa shape index (κ2) is 4.17. The van der Waals surface area contributed by atoms with Gasteiger partial charge in [0.2, 0.25) is 0 Å². The van der Waals surface area contributed by atoms with Crippen LogP contribution in [0.15, 0.2) is 28.0 Å². The average Bonchev–Trinajstić information content (AvgIpc) is 2.16. The molecule has 0 radical (unpaired) electrons. The topological polar surface area (TPSA) is 46.2 Å². The lowest BCUT2D eigenvalue weighted by atomic mass is 10.3. The number of alkyl halides is 3. The van der Waals surface area contributed by atoms with Gasteiger partial charge in [-0.2, -0.15) is 13.2 Å². The van der Waals surface area contributed by atoms with Crippen molar-refractivity contribution in [2.24, 2.45) is 0 Å². The molecule has 90 valence electrons. The van der Waals surface area contributed by atoms with Gasteiger partial charge in [-0.1, -0.05) is 0 Å². The Morgan fingerprint density at radius 1 is 1.31 bits per heavy atom. The molecule has 0 atom stereocenters. The quantitative estimate of drug-likeness (QED) is 0.811. The van der Waals surface area contributed by atoms with Gasteiger partial charge in [-0.3, -0.25) is 0 Å². The molecular formula is C8H8F3NO2S2. The van der Waals surface area contributed by atoms with Crippen LogP contribution in [0.5, 0.6) is 0 Å². The largest absolute Gasteiger partial charge is 0.501 e. The maximum Gasteiger partial charge on any atom is 0.501 e. The van der Waals surface area contributed by atoms with Crippen molar-refractivity contribution in [3.05, 3.63) is 18.2 Å². The maximum absolute atomic E-state index is 12.3. The zero-order valence-electron chi connectivity index (χ0n) is 8.04. The van der Waals surface area contributed by atoms with Gasteiger partial charge in [0.25, 0.3) is 9.84 Å². The highest BCUT2D eigenvalue weighted by molar-refractivity contribution is 7.92. The average molecular weight is 271 g/mol. The Kier molecular flexibility index (Phi) is 3.44. The van der Waals surface area contributed by atoms with Crippen LogP contribution in [-0.2, 0) is 9.84 Å². The number of thiol groups is 1. The van der Waals surface area contributed by atoms with Gasteiger partial charge in [0, 0.05) is 11.9 Å². The van der Waals surface area contributed by atoms with E-state index in [0.717, 1.165) is 6.07 Å². The van der Waals surface area contributed by atoms with E-state index >= 15 is 0 Å². The van der Waals surface area contributed by atoms with Crippen molar-refractivity contribution in [3.8, 4) is 0 Å². The van der Waals surface area contributed by atoms with Gasteiger partial charge in [-0.25, -0.2) is 8.42 Å². The highest BCUT2D eigenvalue weighted by atomic mass is 32.2. The SMILES string of the molecule is CNc1ccc(S)cc1S(=O)(=O)C(F)(F)F. The first-order chi connectivity index (χ1) is 7.20. The Bertz CT molecular complexity index is 496. The molecule has 0 unspecified atom stereocenters. The van der Waals surface area contributed by atoms with Gasteiger partial charge < -0.3 is 5.32 Å². The van der Waals surface area contributed by atoms with Crippen molar-refractivity contribution in [2.45, 2.75) is 15.3 Å². The molecule has 1 aromatic rings. The second-order valence-electron chi connectivity index (χ2n) is 2.88. The third kappa shape index (κ3) is 2.27. The predicted molar refractivity (Wildman–Crippen MR) is 56.5 cm³/mol. The minimum absolute atomic E-state index is 0.116. The van der Waals surface area contributed by atoms with E-state index in [0.29, 0.717) is 0 Å². The van der Waals surface area contributed by atoms with Crippen LogP contribution in [0.2, 0.25) is 0 Å². The van der Waals surface area contributed by atoms with E-state index in [1.54, 1.807) is 0 Å². The summed E-state index contributed by atoms with van der Waals surface area (Å²) in [7, 11) is -4.02. The molecule has 0 aliphatic heterocycles. The van der Waals surface area contributed by atoms with Crippen molar-refractivity contribution < 1.29 is 21.6 Å². The summed E-state index contributed by atoms with van der Waals surface area (Å²) in [6, 6.07) is 3.48. The summed E-state index contributed by atoms with van der Waals surface area (Å²) < 4.78 is 59.4. The molecule has 0 saturated carbocycles. The summed E-state index contributed by atoms with van der Waals surface area (Å²) >= 11 is 3.81. The molecule has 0 aromatic heterocycles. The molecule has 0 amide bonds. The number of nitrogens with one attached hydrogen (secondary N) is 1. The van der Waals surface area contributed by atoms with Crippen LogP contribution in [0.25, 0.3) is 0 Å². The van der Waals surface area contributed by atoms with Crippen LogP contribution >= 0.6 is 12.6 Å². The van der Waals surface area contributed by atoms with Gasteiger partial charge in [0.15, 0.2) is 0 Å². The standard InChI is InChI=1S/C8H8F3NO2S2/c1-12-6-3-2-5(15)4-7(6)16(13,14)8(9,10)11/h2-4,12,15H,1H3. The number of hydrogen-bond acceptors (Lipinski definition) is 4. The van der Waals surface area contributed by atoms with E-state index in [1.807, 2.05) is 0 Å².